The second-order valence-electron chi connectivity index (χ2n) is 18.8. The van der Waals surface area contributed by atoms with Crippen molar-refractivity contribution in [1.29, 1.82) is 0 Å². The number of hydrogen-bond donors (Lipinski definition) is 0. The van der Waals surface area contributed by atoms with Gasteiger partial charge in [0.2, 0.25) is 0 Å². The summed E-state index contributed by atoms with van der Waals surface area (Å²) in [4.78, 5) is 2.51. The number of hydrogen-bond acceptors (Lipinski definition) is 1. The molecule has 14 rings (SSSR count). The minimum absolute atomic E-state index is 0.512. The zero-order valence-electron chi connectivity index (χ0n) is 38.8. The van der Waals surface area contributed by atoms with Crippen LogP contribution in [-0.4, -0.2) is 4.57 Å². The van der Waals surface area contributed by atoms with Crippen molar-refractivity contribution in [3.63, 3.8) is 0 Å². The summed E-state index contributed by atoms with van der Waals surface area (Å²) < 4.78 is 2.38. The predicted octanol–water partition coefficient (Wildman–Crippen LogP) is 18.2. The lowest BCUT2D eigenvalue weighted by Gasteiger charge is -2.33. The lowest BCUT2D eigenvalue weighted by molar-refractivity contribution is 0.786. The SMILES string of the molecule is C=CC=CC1=C(C)c2ccccc2C12c1ccccc1-c1ccc(N(c3ccc(-c4ccc5c(c4)c4ccccc4n5-c4ccccc4)cc3)c3cccc4c5ccccc5c5ccccc5c34)cc12. The molecule has 328 valence electrons. The summed E-state index contributed by atoms with van der Waals surface area (Å²) in [6.45, 7) is 6.41. The number of rotatable bonds is 7. The number of anilines is 3. The van der Waals surface area contributed by atoms with Crippen molar-refractivity contribution < 1.29 is 0 Å². The lowest BCUT2D eigenvalue weighted by atomic mass is 9.69. The highest BCUT2D eigenvalue weighted by molar-refractivity contribution is 6.29. The van der Waals surface area contributed by atoms with Crippen molar-refractivity contribution in [3.05, 3.63) is 283 Å². The maximum absolute atomic E-state index is 4.12. The smallest absolute Gasteiger partial charge is 0.0722 e. The van der Waals surface area contributed by atoms with Gasteiger partial charge < -0.3 is 9.47 Å². The van der Waals surface area contributed by atoms with E-state index in [2.05, 4.69) is 266 Å². The molecule has 1 spiro atoms. The number of nitrogens with zero attached hydrogens (tertiary/aromatic N) is 2. The zero-order valence-corrected chi connectivity index (χ0v) is 38.8. The van der Waals surface area contributed by atoms with Crippen LogP contribution in [0.5, 0.6) is 0 Å². The van der Waals surface area contributed by atoms with Gasteiger partial charge in [-0.25, -0.2) is 0 Å². The van der Waals surface area contributed by atoms with Gasteiger partial charge in [-0.2, -0.15) is 0 Å². The topological polar surface area (TPSA) is 8.17 Å². The van der Waals surface area contributed by atoms with Crippen molar-refractivity contribution >= 4 is 76.8 Å². The largest absolute Gasteiger partial charge is 0.310 e. The molecule has 12 aromatic rings. The van der Waals surface area contributed by atoms with Gasteiger partial charge in [-0.05, 0) is 150 Å². The number of aromatic nitrogens is 1. The Hall–Kier alpha value is -8.98. The fourth-order valence-electron chi connectivity index (χ4n) is 12.5. The van der Waals surface area contributed by atoms with E-state index in [-0.39, 0.29) is 0 Å². The van der Waals surface area contributed by atoms with Crippen LogP contribution in [0.1, 0.15) is 29.2 Å². The fraction of sp³-hybridized carbons (Fsp3) is 0.0294. The Morgan fingerprint density at radius 3 is 1.73 bits per heavy atom. The molecule has 0 saturated heterocycles. The molecule has 0 radical (unpaired) electrons. The molecule has 11 aromatic carbocycles. The van der Waals surface area contributed by atoms with Gasteiger partial charge in [0, 0.05) is 33.2 Å². The van der Waals surface area contributed by atoms with E-state index in [4.69, 9.17) is 0 Å². The molecule has 1 aromatic heterocycles. The van der Waals surface area contributed by atoms with Crippen LogP contribution >= 0.6 is 0 Å². The van der Waals surface area contributed by atoms with Gasteiger partial charge in [-0.3, -0.25) is 0 Å². The first kappa shape index (κ1) is 40.1. The highest BCUT2D eigenvalue weighted by Gasteiger charge is 2.51. The standard InChI is InChI=1S/C68H46N2/c1-3-4-29-60-44(2)50-21-12-15-30-61(50)68(60)62-31-16-13-25-54(62)55-40-39-49(43-63(55)68)69(66-33-18-28-58-53-23-9-8-22-51(53)52-24-10-11-27-57(52)67(58)66)48-37-34-45(35-38-48)46-36-41-65-59(42-46)56-26-14-17-32-64(56)70(65)47-19-6-5-7-20-47/h3-43H,1H2,2H3. The van der Waals surface area contributed by atoms with Crippen molar-refractivity contribution in [1.82, 2.24) is 4.57 Å². The second kappa shape index (κ2) is 15.5. The van der Waals surface area contributed by atoms with E-state index < -0.39 is 5.41 Å². The van der Waals surface area contributed by atoms with E-state index in [1.54, 1.807) is 0 Å². The third-order valence-corrected chi connectivity index (χ3v) is 15.4. The summed E-state index contributed by atoms with van der Waals surface area (Å²) in [7, 11) is 0. The molecule has 0 saturated carbocycles. The molecule has 2 nitrogen and oxygen atoms in total. The minimum Gasteiger partial charge on any atom is -0.310 e. The molecule has 1 heterocycles. The summed E-state index contributed by atoms with van der Waals surface area (Å²) in [5.74, 6) is 0. The number of fused-ring (bicyclic) bond motifs is 16. The van der Waals surface area contributed by atoms with E-state index >= 15 is 0 Å². The van der Waals surface area contributed by atoms with Crippen LogP contribution in [0, 0.1) is 0 Å². The van der Waals surface area contributed by atoms with E-state index in [9.17, 15) is 0 Å². The Kier molecular flexibility index (Phi) is 8.90. The Labute approximate surface area is 407 Å². The Morgan fingerprint density at radius 1 is 0.429 bits per heavy atom. The third kappa shape index (κ3) is 5.62. The van der Waals surface area contributed by atoms with E-state index in [1.807, 2.05) is 6.08 Å². The second-order valence-corrected chi connectivity index (χ2v) is 18.8. The van der Waals surface area contributed by atoms with Crippen LogP contribution in [0.2, 0.25) is 0 Å². The molecule has 0 aliphatic heterocycles. The zero-order chi connectivity index (χ0) is 46.5. The van der Waals surface area contributed by atoms with E-state index in [0.29, 0.717) is 0 Å². The molecule has 1 unspecified atom stereocenters. The van der Waals surface area contributed by atoms with Crippen LogP contribution in [0.4, 0.5) is 17.1 Å². The normalized spacial score (nSPS) is 14.9. The van der Waals surface area contributed by atoms with Crippen LogP contribution in [0.3, 0.4) is 0 Å². The number of allylic oxidation sites excluding steroid dienone is 5. The number of benzene rings is 11. The van der Waals surface area contributed by atoms with Crippen molar-refractivity contribution in [3.8, 4) is 27.9 Å². The summed E-state index contributed by atoms with van der Waals surface area (Å²) in [6, 6.07) is 85.6. The highest BCUT2D eigenvalue weighted by atomic mass is 15.1. The quantitative estimate of drug-likeness (QED) is 0.114. The van der Waals surface area contributed by atoms with E-state index in [1.165, 1.54) is 110 Å². The molecule has 1 atom stereocenters. The molecule has 2 aliphatic rings. The van der Waals surface area contributed by atoms with Crippen LogP contribution in [0.25, 0.3) is 87.6 Å². The van der Waals surface area contributed by atoms with Crippen LogP contribution in [0.15, 0.2) is 261 Å². The van der Waals surface area contributed by atoms with Gasteiger partial charge >= 0.3 is 0 Å². The van der Waals surface area contributed by atoms with Crippen molar-refractivity contribution in [2.45, 2.75) is 12.3 Å². The van der Waals surface area contributed by atoms with Crippen LogP contribution < -0.4 is 4.90 Å². The molecule has 2 aliphatic carbocycles. The van der Waals surface area contributed by atoms with Crippen molar-refractivity contribution in [2.75, 3.05) is 4.90 Å². The van der Waals surface area contributed by atoms with Gasteiger partial charge in [-0.15, -0.1) is 0 Å². The molecule has 0 bridgehead atoms. The Morgan fingerprint density at radius 2 is 0.986 bits per heavy atom. The van der Waals surface area contributed by atoms with Crippen LogP contribution in [-0.2, 0) is 5.41 Å². The maximum atomic E-state index is 4.12. The molecule has 2 heteroatoms. The van der Waals surface area contributed by atoms with E-state index in [0.717, 1.165) is 22.7 Å². The predicted molar refractivity (Wildman–Crippen MR) is 297 cm³/mol. The summed E-state index contributed by atoms with van der Waals surface area (Å²) in [6.07, 6.45) is 6.31. The first-order chi connectivity index (χ1) is 34.6. The first-order valence-corrected chi connectivity index (χ1v) is 24.3. The maximum Gasteiger partial charge on any atom is 0.0722 e. The minimum atomic E-state index is -0.512. The summed E-state index contributed by atoms with van der Waals surface area (Å²) in [5, 5.41) is 9.97. The molecular formula is C68H46N2. The van der Waals surface area contributed by atoms with Gasteiger partial charge in [-0.1, -0.05) is 195 Å². The number of para-hydroxylation sites is 2. The average molecular weight is 891 g/mol. The van der Waals surface area contributed by atoms with Gasteiger partial charge in [0.15, 0.2) is 0 Å². The van der Waals surface area contributed by atoms with Gasteiger partial charge in [0.05, 0.1) is 22.1 Å². The molecule has 0 fully saturated rings. The molecular weight excluding hydrogens is 845 g/mol. The average Bonchev–Trinajstić information content (AvgIpc) is 4.01. The summed E-state index contributed by atoms with van der Waals surface area (Å²) >= 11 is 0. The monoisotopic (exact) mass is 890 g/mol. The van der Waals surface area contributed by atoms with Gasteiger partial charge in [0.25, 0.3) is 0 Å². The molecule has 0 amide bonds. The summed E-state index contributed by atoms with van der Waals surface area (Å²) in [5.41, 5.74) is 19.1. The Bertz CT molecular complexity index is 4160. The Balaban J connectivity index is 1.01. The fourth-order valence-corrected chi connectivity index (χ4v) is 12.5. The first-order valence-electron chi connectivity index (χ1n) is 24.3. The molecule has 70 heavy (non-hydrogen) atoms. The third-order valence-electron chi connectivity index (χ3n) is 15.4. The highest BCUT2D eigenvalue weighted by Crippen LogP contribution is 2.63. The lowest BCUT2D eigenvalue weighted by Crippen LogP contribution is -2.27. The van der Waals surface area contributed by atoms with Gasteiger partial charge in [0.1, 0.15) is 0 Å². The molecule has 0 N–H and O–H groups in total. The van der Waals surface area contributed by atoms with Crippen molar-refractivity contribution in [2.24, 2.45) is 0 Å².